The Morgan fingerprint density at radius 1 is 0.865 bits per heavy atom. The first-order valence-corrected chi connectivity index (χ1v) is 11.3. The van der Waals surface area contributed by atoms with Gasteiger partial charge in [-0.3, -0.25) is 19.3 Å². The van der Waals surface area contributed by atoms with Crippen LogP contribution < -0.4 is 11.3 Å². The average molecular weight is 499 g/mol. The number of carbonyl (C=O) groups excluding carboxylic acids is 2. The first kappa shape index (κ1) is 24.9. The maximum atomic E-state index is 12.4. The topological polar surface area (TPSA) is 171 Å². The number of carbonyl (C=O) groups is 4. The third kappa shape index (κ3) is 4.83. The summed E-state index contributed by atoms with van der Waals surface area (Å²) >= 11 is 0. The van der Waals surface area contributed by atoms with E-state index in [0.717, 1.165) is 0 Å². The predicted molar refractivity (Wildman–Crippen MR) is 133 cm³/mol. The van der Waals surface area contributed by atoms with Gasteiger partial charge in [0.1, 0.15) is 16.9 Å². The van der Waals surface area contributed by atoms with Crippen molar-refractivity contribution in [3.8, 4) is 23.0 Å². The second-order valence-corrected chi connectivity index (χ2v) is 8.25. The number of unbranched alkanes of at least 4 members (excludes halogenated alkanes) is 2. The van der Waals surface area contributed by atoms with Crippen molar-refractivity contribution < 1.29 is 29.4 Å². The molecule has 0 unspecified atom stereocenters. The molecular weight excluding hydrogens is 478 g/mol. The Balaban J connectivity index is 1.41. The standard InChI is InChI=1S/C27H21N3O7/c28-22-20(26(34)35)19(21(27(36)37)23(31)29-22)16-12-10-15(11-13-16)7-3-1-2-6-14-30-24(32)17-8-4-5-9-18(17)25(30)33/h4-5,8-13H,1-2,6,14H2,(H,34,35)(H,36,37)(H3,28,29,31). The molecule has 0 radical (unpaired) electrons. The molecule has 0 fully saturated rings. The van der Waals surface area contributed by atoms with E-state index in [1.54, 1.807) is 36.4 Å². The van der Waals surface area contributed by atoms with Crippen LogP contribution in [0.15, 0.2) is 53.3 Å². The van der Waals surface area contributed by atoms with E-state index in [1.165, 1.54) is 17.0 Å². The molecule has 1 aromatic heterocycles. The summed E-state index contributed by atoms with van der Waals surface area (Å²) in [7, 11) is 0. The van der Waals surface area contributed by atoms with E-state index >= 15 is 0 Å². The van der Waals surface area contributed by atoms with Crippen molar-refractivity contribution in [1.29, 1.82) is 0 Å². The lowest BCUT2D eigenvalue weighted by Crippen LogP contribution is -2.30. The fraction of sp³-hybridized carbons (Fsp3) is 0.148. The van der Waals surface area contributed by atoms with Crippen molar-refractivity contribution in [2.24, 2.45) is 0 Å². The predicted octanol–water partition coefficient (Wildman–Crippen LogP) is 2.84. The third-order valence-electron chi connectivity index (χ3n) is 5.89. The number of nitrogens with zero attached hydrogens (tertiary/aromatic N) is 1. The summed E-state index contributed by atoms with van der Waals surface area (Å²) in [5.74, 6) is 1.89. The van der Waals surface area contributed by atoms with E-state index in [4.69, 9.17) is 5.73 Å². The fourth-order valence-corrected chi connectivity index (χ4v) is 4.15. The highest BCUT2D eigenvalue weighted by Crippen LogP contribution is 2.29. The van der Waals surface area contributed by atoms with E-state index in [-0.39, 0.29) is 22.9 Å². The van der Waals surface area contributed by atoms with E-state index in [9.17, 15) is 34.2 Å². The summed E-state index contributed by atoms with van der Waals surface area (Å²) in [4.78, 5) is 63.6. The summed E-state index contributed by atoms with van der Waals surface area (Å²) in [6.07, 6.45) is 1.77. The highest BCUT2D eigenvalue weighted by molar-refractivity contribution is 6.21. The van der Waals surface area contributed by atoms with Crippen LogP contribution in [0.1, 0.15) is 66.3 Å². The molecule has 2 aromatic carbocycles. The van der Waals surface area contributed by atoms with Gasteiger partial charge >= 0.3 is 11.9 Å². The number of amides is 2. The minimum Gasteiger partial charge on any atom is -0.478 e. The van der Waals surface area contributed by atoms with Crippen LogP contribution in [0.5, 0.6) is 0 Å². The molecule has 5 N–H and O–H groups in total. The first-order chi connectivity index (χ1) is 17.7. The van der Waals surface area contributed by atoms with Crippen LogP contribution in [0.2, 0.25) is 0 Å². The number of carboxylic acids is 2. The number of nitrogens with one attached hydrogen (secondary N) is 1. The van der Waals surface area contributed by atoms with Gasteiger partial charge in [-0.15, -0.1) is 0 Å². The Labute approximate surface area is 210 Å². The molecule has 0 bridgehead atoms. The molecule has 37 heavy (non-hydrogen) atoms. The summed E-state index contributed by atoms with van der Waals surface area (Å²) in [6, 6.07) is 12.8. The molecule has 0 spiro atoms. The van der Waals surface area contributed by atoms with Crippen LogP contribution in [0.25, 0.3) is 11.1 Å². The number of carboxylic acid groups (broad SMARTS) is 2. The summed E-state index contributed by atoms with van der Waals surface area (Å²) in [6.45, 7) is 0.305. The van der Waals surface area contributed by atoms with E-state index in [1.807, 2.05) is 0 Å². The van der Waals surface area contributed by atoms with Crippen molar-refractivity contribution >= 4 is 29.6 Å². The van der Waals surface area contributed by atoms with Crippen LogP contribution in [-0.2, 0) is 0 Å². The lowest BCUT2D eigenvalue weighted by Gasteiger charge is -2.12. The number of pyridine rings is 1. The number of nitrogen functional groups attached to an aromatic ring is 1. The van der Waals surface area contributed by atoms with Gasteiger partial charge in [-0.05, 0) is 42.7 Å². The zero-order valence-electron chi connectivity index (χ0n) is 19.4. The number of fused-ring (bicyclic) bond motifs is 1. The van der Waals surface area contributed by atoms with Crippen molar-refractivity contribution in [3.05, 3.63) is 86.7 Å². The number of aromatic amines is 1. The van der Waals surface area contributed by atoms with Crippen LogP contribution in [0, 0.1) is 11.8 Å². The second kappa shape index (κ2) is 10.2. The van der Waals surface area contributed by atoms with Gasteiger partial charge in [-0.2, -0.15) is 0 Å². The molecule has 3 aromatic rings. The average Bonchev–Trinajstić information content (AvgIpc) is 3.10. The van der Waals surface area contributed by atoms with Gasteiger partial charge in [0.25, 0.3) is 17.4 Å². The minimum atomic E-state index is -1.58. The highest BCUT2D eigenvalue weighted by atomic mass is 16.4. The molecule has 0 saturated carbocycles. The Morgan fingerprint density at radius 2 is 1.46 bits per heavy atom. The maximum Gasteiger partial charge on any atom is 0.342 e. The number of hydrogen-bond acceptors (Lipinski definition) is 6. The number of benzene rings is 2. The molecule has 0 saturated heterocycles. The Morgan fingerprint density at radius 3 is 2.03 bits per heavy atom. The SMILES string of the molecule is Nc1[nH]c(=O)c(C(=O)O)c(-c2ccc(C#CCCCCN3C(=O)c4ccccc4C3=O)cc2)c1C(=O)O. The monoisotopic (exact) mass is 499 g/mol. The fourth-order valence-electron chi connectivity index (χ4n) is 4.15. The number of hydrogen-bond donors (Lipinski definition) is 4. The minimum absolute atomic E-state index is 0.194. The number of rotatable bonds is 7. The van der Waals surface area contributed by atoms with Crippen LogP contribution >= 0.6 is 0 Å². The smallest absolute Gasteiger partial charge is 0.342 e. The second-order valence-electron chi connectivity index (χ2n) is 8.25. The normalized spacial score (nSPS) is 12.2. The summed E-state index contributed by atoms with van der Waals surface area (Å²) < 4.78 is 0. The lowest BCUT2D eigenvalue weighted by molar-refractivity contribution is 0.0645. The lowest BCUT2D eigenvalue weighted by atomic mass is 9.95. The van der Waals surface area contributed by atoms with E-state index in [2.05, 4.69) is 16.8 Å². The molecule has 0 atom stereocenters. The molecule has 4 rings (SSSR count). The van der Waals surface area contributed by atoms with Gasteiger partial charge in [-0.25, -0.2) is 9.59 Å². The summed E-state index contributed by atoms with van der Waals surface area (Å²) in [5, 5.41) is 19.0. The van der Waals surface area contributed by atoms with Crippen molar-refractivity contribution in [2.45, 2.75) is 19.3 Å². The highest BCUT2D eigenvalue weighted by Gasteiger charge is 2.34. The van der Waals surface area contributed by atoms with Crippen molar-refractivity contribution in [3.63, 3.8) is 0 Å². The van der Waals surface area contributed by atoms with Gasteiger partial charge in [0.05, 0.1) is 11.1 Å². The van der Waals surface area contributed by atoms with Crippen LogP contribution in [-0.4, -0.2) is 50.4 Å². The van der Waals surface area contributed by atoms with E-state index < -0.39 is 34.4 Å². The molecule has 10 heteroatoms. The van der Waals surface area contributed by atoms with Gasteiger partial charge in [0.2, 0.25) is 0 Å². The zero-order chi connectivity index (χ0) is 26.7. The maximum absolute atomic E-state index is 12.4. The van der Waals surface area contributed by atoms with Crippen LogP contribution in [0.4, 0.5) is 5.82 Å². The number of imide groups is 1. The van der Waals surface area contributed by atoms with Gasteiger partial charge in [0, 0.05) is 24.1 Å². The molecule has 2 amide bonds. The number of aromatic carboxylic acids is 2. The molecule has 10 nitrogen and oxygen atoms in total. The Kier molecular flexibility index (Phi) is 6.88. The Bertz CT molecular complexity index is 1520. The van der Waals surface area contributed by atoms with Gasteiger partial charge in [-0.1, -0.05) is 36.1 Å². The molecule has 1 aliphatic heterocycles. The van der Waals surface area contributed by atoms with Crippen molar-refractivity contribution in [1.82, 2.24) is 9.88 Å². The largest absolute Gasteiger partial charge is 0.478 e. The molecule has 186 valence electrons. The van der Waals surface area contributed by atoms with Crippen molar-refractivity contribution in [2.75, 3.05) is 12.3 Å². The quantitative estimate of drug-likeness (QED) is 0.218. The zero-order valence-corrected chi connectivity index (χ0v) is 19.4. The van der Waals surface area contributed by atoms with Gasteiger partial charge < -0.3 is 20.9 Å². The van der Waals surface area contributed by atoms with Gasteiger partial charge in [0.15, 0.2) is 0 Å². The number of aromatic nitrogens is 1. The number of H-pyrrole nitrogens is 1. The molecule has 2 heterocycles. The first-order valence-electron chi connectivity index (χ1n) is 11.3. The van der Waals surface area contributed by atoms with Crippen LogP contribution in [0.3, 0.4) is 0 Å². The summed E-state index contributed by atoms with van der Waals surface area (Å²) in [5.41, 5.74) is 4.77. The molecule has 0 aliphatic carbocycles. The number of anilines is 1. The van der Waals surface area contributed by atoms with E-state index in [0.29, 0.717) is 42.5 Å². The Hall–Kier alpha value is -5.17. The number of nitrogens with two attached hydrogens (primary N) is 1. The molecular formula is C27H21N3O7. The molecule has 1 aliphatic rings. The third-order valence-corrected chi connectivity index (χ3v) is 5.89.